The number of ether oxygens (including phenoxy) is 3. The summed E-state index contributed by atoms with van der Waals surface area (Å²) in [6, 6.07) is 11.8. The van der Waals surface area contributed by atoms with E-state index in [9.17, 15) is 0 Å². The number of methoxy groups -OCH3 is 2. The fraction of sp³-hybridized carbons (Fsp3) is 0.450. The number of hydrogen-bond donors (Lipinski definition) is 0. The SMILES string of the molecule is COc1ccc(OCC2CCCN(Cc3ccc(OC)nc3)C2)cc1. The molecule has 0 N–H and O–H groups in total. The van der Waals surface area contributed by atoms with Crippen molar-refractivity contribution < 1.29 is 14.2 Å². The van der Waals surface area contributed by atoms with Gasteiger partial charge in [-0.25, -0.2) is 4.98 Å². The molecule has 1 saturated heterocycles. The Hall–Kier alpha value is -2.27. The molecule has 0 spiro atoms. The van der Waals surface area contributed by atoms with Crippen LogP contribution in [0.5, 0.6) is 17.4 Å². The van der Waals surface area contributed by atoms with E-state index in [-0.39, 0.29) is 0 Å². The highest BCUT2D eigenvalue weighted by Crippen LogP contribution is 2.22. The van der Waals surface area contributed by atoms with E-state index >= 15 is 0 Å². The second kappa shape index (κ2) is 8.72. The third kappa shape index (κ3) is 5.10. The van der Waals surface area contributed by atoms with Crippen molar-refractivity contribution in [2.45, 2.75) is 19.4 Å². The van der Waals surface area contributed by atoms with Gasteiger partial charge in [-0.3, -0.25) is 4.90 Å². The fourth-order valence-corrected chi connectivity index (χ4v) is 3.20. The second-order valence-corrected chi connectivity index (χ2v) is 6.44. The van der Waals surface area contributed by atoms with Gasteiger partial charge in [-0.05, 0) is 49.2 Å². The first-order chi connectivity index (χ1) is 12.3. The minimum atomic E-state index is 0.557. The fourth-order valence-electron chi connectivity index (χ4n) is 3.20. The molecule has 0 saturated carbocycles. The molecule has 1 aromatic heterocycles. The van der Waals surface area contributed by atoms with E-state index in [1.54, 1.807) is 14.2 Å². The quantitative estimate of drug-likeness (QED) is 0.772. The Morgan fingerprint density at radius 1 is 1.04 bits per heavy atom. The van der Waals surface area contributed by atoms with Gasteiger partial charge >= 0.3 is 0 Å². The number of aromatic nitrogens is 1. The summed E-state index contributed by atoms with van der Waals surface area (Å²) >= 11 is 0. The molecule has 0 aliphatic carbocycles. The van der Waals surface area contributed by atoms with Crippen molar-refractivity contribution in [3.63, 3.8) is 0 Å². The van der Waals surface area contributed by atoms with Crippen LogP contribution in [0.25, 0.3) is 0 Å². The minimum Gasteiger partial charge on any atom is -0.497 e. The summed E-state index contributed by atoms with van der Waals surface area (Å²) in [5.74, 6) is 2.97. The van der Waals surface area contributed by atoms with E-state index in [2.05, 4.69) is 16.0 Å². The Morgan fingerprint density at radius 3 is 2.52 bits per heavy atom. The van der Waals surface area contributed by atoms with Gasteiger partial charge in [0.05, 0.1) is 20.8 Å². The zero-order valence-electron chi connectivity index (χ0n) is 15.0. The summed E-state index contributed by atoms with van der Waals surface area (Å²) in [6.07, 6.45) is 4.32. The van der Waals surface area contributed by atoms with Crippen LogP contribution in [0.4, 0.5) is 0 Å². The van der Waals surface area contributed by atoms with Gasteiger partial charge in [0.1, 0.15) is 11.5 Å². The van der Waals surface area contributed by atoms with Gasteiger partial charge in [-0.2, -0.15) is 0 Å². The van der Waals surface area contributed by atoms with Crippen LogP contribution in [0.1, 0.15) is 18.4 Å². The first kappa shape index (κ1) is 17.5. The number of nitrogens with zero attached hydrogens (tertiary/aromatic N) is 2. The lowest BCUT2D eigenvalue weighted by atomic mass is 9.98. The second-order valence-electron chi connectivity index (χ2n) is 6.44. The van der Waals surface area contributed by atoms with Crippen LogP contribution >= 0.6 is 0 Å². The van der Waals surface area contributed by atoms with E-state index in [0.717, 1.165) is 37.7 Å². The van der Waals surface area contributed by atoms with Crippen LogP contribution < -0.4 is 14.2 Å². The Labute approximate surface area is 149 Å². The maximum absolute atomic E-state index is 5.96. The summed E-state index contributed by atoms with van der Waals surface area (Å²) in [5.41, 5.74) is 1.22. The van der Waals surface area contributed by atoms with Crippen molar-refractivity contribution in [2.24, 2.45) is 5.92 Å². The van der Waals surface area contributed by atoms with Crippen molar-refractivity contribution in [3.05, 3.63) is 48.2 Å². The van der Waals surface area contributed by atoms with E-state index < -0.39 is 0 Å². The Bertz CT molecular complexity index is 643. The smallest absolute Gasteiger partial charge is 0.212 e. The summed E-state index contributed by atoms with van der Waals surface area (Å²) in [4.78, 5) is 6.77. The third-order valence-corrected chi connectivity index (χ3v) is 4.56. The van der Waals surface area contributed by atoms with E-state index in [1.165, 1.54) is 18.4 Å². The number of benzene rings is 1. The summed E-state index contributed by atoms with van der Waals surface area (Å²) in [7, 11) is 3.31. The van der Waals surface area contributed by atoms with Gasteiger partial charge < -0.3 is 14.2 Å². The molecule has 0 radical (unpaired) electrons. The lowest BCUT2D eigenvalue weighted by Gasteiger charge is -2.32. The van der Waals surface area contributed by atoms with Crippen LogP contribution in [0.3, 0.4) is 0 Å². The predicted molar refractivity (Wildman–Crippen MR) is 97.3 cm³/mol. The maximum Gasteiger partial charge on any atom is 0.212 e. The zero-order chi connectivity index (χ0) is 17.5. The highest BCUT2D eigenvalue weighted by atomic mass is 16.5. The molecule has 1 aliphatic rings. The predicted octanol–water partition coefficient (Wildman–Crippen LogP) is 3.39. The van der Waals surface area contributed by atoms with E-state index in [1.807, 2.05) is 36.5 Å². The molecule has 1 aliphatic heterocycles. The van der Waals surface area contributed by atoms with Crippen LogP contribution in [0, 0.1) is 5.92 Å². The molecule has 134 valence electrons. The topological polar surface area (TPSA) is 43.8 Å². The van der Waals surface area contributed by atoms with Gasteiger partial charge in [0.25, 0.3) is 0 Å². The van der Waals surface area contributed by atoms with Gasteiger partial charge in [-0.15, -0.1) is 0 Å². The molecule has 1 aromatic carbocycles. The highest BCUT2D eigenvalue weighted by Gasteiger charge is 2.20. The maximum atomic E-state index is 5.96. The normalized spacial score (nSPS) is 17.9. The molecule has 2 heterocycles. The molecule has 0 amide bonds. The molecule has 0 bridgehead atoms. The molecule has 25 heavy (non-hydrogen) atoms. The minimum absolute atomic E-state index is 0.557. The molecule has 1 unspecified atom stereocenters. The molecular weight excluding hydrogens is 316 g/mol. The average molecular weight is 342 g/mol. The molecular formula is C20H26N2O3. The van der Waals surface area contributed by atoms with Gasteiger partial charge in [0.2, 0.25) is 5.88 Å². The van der Waals surface area contributed by atoms with Crippen LogP contribution in [-0.2, 0) is 6.54 Å². The summed E-state index contributed by atoms with van der Waals surface area (Å²) in [6.45, 7) is 3.87. The van der Waals surface area contributed by atoms with E-state index in [0.29, 0.717) is 11.8 Å². The van der Waals surface area contributed by atoms with Gasteiger partial charge in [0.15, 0.2) is 0 Å². The van der Waals surface area contributed by atoms with Crippen molar-refractivity contribution >= 4 is 0 Å². The van der Waals surface area contributed by atoms with Crippen LogP contribution in [-0.4, -0.2) is 43.8 Å². The standard InChI is InChI=1S/C20H26N2O3/c1-23-18-6-8-19(9-7-18)25-15-17-4-3-11-22(14-17)13-16-5-10-20(24-2)21-12-16/h5-10,12,17H,3-4,11,13-15H2,1-2H3. The monoisotopic (exact) mass is 342 g/mol. The molecule has 5 nitrogen and oxygen atoms in total. The largest absolute Gasteiger partial charge is 0.497 e. The number of rotatable bonds is 7. The lowest BCUT2D eigenvalue weighted by Crippen LogP contribution is -2.37. The van der Waals surface area contributed by atoms with Gasteiger partial charge in [-0.1, -0.05) is 6.07 Å². The number of likely N-dealkylation sites (tertiary alicyclic amines) is 1. The molecule has 5 heteroatoms. The molecule has 1 fully saturated rings. The number of hydrogen-bond acceptors (Lipinski definition) is 5. The van der Waals surface area contributed by atoms with Crippen molar-refractivity contribution in [1.82, 2.24) is 9.88 Å². The average Bonchev–Trinajstić information content (AvgIpc) is 2.68. The molecule has 1 atom stereocenters. The Balaban J connectivity index is 1.48. The van der Waals surface area contributed by atoms with Crippen molar-refractivity contribution in [3.8, 4) is 17.4 Å². The first-order valence-electron chi connectivity index (χ1n) is 8.75. The molecule has 2 aromatic rings. The number of piperidine rings is 1. The summed E-state index contributed by atoms with van der Waals surface area (Å²) < 4.78 is 16.3. The first-order valence-corrected chi connectivity index (χ1v) is 8.75. The third-order valence-electron chi connectivity index (χ3n) is 4.56. The Morgan fingerprint density at radius 2 is 1.84 bits per heavy atom. The lowest BCUT2D eigenvalue weighted by molar-refractivity contribution is 0.125. The van der Waals surface area contributed by atoms with Crippen molar-refractivity contribution in [2.75, 3.05) is 33.9 Å². The highest BCUT2D eigenvalue weighted by molar-refractivity contribution is 5.31. The Kier molecular flexibility index (Phi) is 6.12. The number of pyridine rings is 1. The van der Waals surface area contributed by atoms with Crippen LogP contribution in [0.2, 0.25) is 0 Å². The summed E-state index contributed by atoms with van der Waals surface area (Å²) in [5, 5.41) is 0. The van der Waals surface area contributed by atoms with E-state index in [4.69, 9.17) is 14.2 Å². The molecule has 3 rings (SSSR count). The van der Waals surface area contributed by atoms with Gasteiger partial charge in [0, 0.05) is 31.3 Å². The van der Waals surface area contributed by atoms with Crippen molar-refractivity contribution in [1.29, 1.82) is 0 Å². The van der Waals surface area contributed by atoms with Crippen LogP contribution in [0.15, 0.2) is 42.6 Å². The zero-order valence-corrected chi connectivity index (χ0v) is 15.0.